The van der Waals surface area contributed by atoms with Crippen molar-refractivity contribution in [2.24, 2.45) is 0 Å². The Hall–Kier alpha value is -3.52. The molecule has 150 valence electrons. The van der Waals surface area contributed by atoms with Gasteiger partial charge in [-0.2, -0.15) is 0 Å². The second-order valence-corrected chi connectivity index (χ2v) is 6.34. The largest absolute Gasteiger partial charge is 0.463 e. The van der Waals surface area contributed by atoms with Crippen molar-refractivity contribution in [3.63, 3.8) is 0 Å². The summed E-state index contributed by atoms with van der Waals surface area (Å²) in [5, 5.41) is 8.08. The van der Waals surface area contributed by atoms with Crippen molar-refractivity contribution < 1.29 is 19.1 Å². The third-order valence-electron chi connectivity index (χ3n) is 3.55. The lowest BCUT2D eigenvalue weighted by atomic mass is 10.1. The van der Waals surface area contributed by atoms with E-state index < -0.39 is 11.9 Å². The first-order chi connectivity index (χ1) is 13.9. The lowest BCUT2D eigenvalue weighted by molar-refractivity contribution is -0.137. The lowest BCUT2D eigenvalue weighted by Crippen LogP contribution is -2.33. The second kappa shape index (κ2) is 10.7. The summed E-state index contributed by atoms with van der Waals surface area (Å²) in [7, 11) is 0. The molecule has 2 aromatic rings. The molecule has 7 nitrogen and oxygen atoms in total. The number of hydrogen-bond donors (Lipinski definition) is 3. The van der Waals surface area contributed by atoms with Crippen LogP contribution in [0.2, 0.25) is 0 Å². The SMILES string of the molecule is CCOC(=O)/C=C/C(=O)NC(=S)Nc1cccc(C(=O)Nc2cccc(C)c2)c1. The maximum Gasteiger partial charge on any atom is 0.330 e. The van der Waals surface area contributed by atoms with Crippen molar-refractivity contribution in [3.05, 3.63) is 71.8 Å². The average Bonchev–Trinajstić information content (AvgIpc) is 2.67. The number of amides is 2. The van der Waals surface area contributed by atoms with Gasteiger partial charge in [0.15, 0.2) is 5.11 Å². The highest BCUT2D eigenvalue weighted by Gasteiger charge is 2.08. The molecule has 0 radical (unpaired) electrons. The molecular formula is C21H21N3O4S. The Kier molecular flexibility index (Phi) is 8.05. The Morgan fingerprint density at radius 3 is 2.38 bits per heavy atom. The minimum Gasteiger partial charge on any atom is -0.463 e. The maximum absolute atomic E-state index is 12.4. The molecule has 0 heterocycles. The number of carbonyl (C=O) groups excluding carboxylic acids is 3. The summed E-state index contributed by atoms with van der Waals surface area (Å²) in [4.78, 5) is 35.4. The monoisotopic (exact) mass is 411 g/mol. The quantitative estimate of drug-likeness (QED) is 0.384. The van der Waals surface area contributed by atoms with Gasteiger partial charge in [0.2, 0.25) is 5.91 Å². The Bertz CT molecular complexity index is 956. The first kappa shape index (κ1) is 21.8. The molecule has 3 N–H and O–H groups in total. The fraction of sp³-hybridized carbons (Fsp3) is 0.143. The first-order valence-corrected chi connectivity index (χ1v) is 9.23. The maximum atomic E-state index is 12.4. The van der Waals surface area contributed by atoms with Crippen molar-refractivity contribution in [1.29, 1.82) is 0 Å². The topological polar surface area (TPSA) is 96.5 Å². The predicted molar refractivity (Wildman–Crippen MR) is 116 cm³/mol. The van der Waals surface area contributed by atoms with Gasteiger partial charge in [-0.3, -0.25) is 14.9 Å². The van der Waals surface area contributed by atoms with E-state index in [0.29, 0.717) is 16.9 Å². The zero-order valence-electron chi connectivity index (χ0n) is 16.0. The van der Waals surface area contributed by atoms with E-state index in [-0.39, 0.29) is 17.6 Å². The molecule has 0 aliphatic carbocycles. The van der Waals surface area contributed by atoms with Crippen LogP contribution in [0, 0.1) is 6.92 Å². The summed E-state index contributed by atoms with van der Waals surface area (Å²) in [5.41, 5.74) is 2.69. The van der Waals surface area contributed by atoms with E-state index in [1.165, 1.54) is 0 Å². The molecule has 0 atom stereocenters. The van der Waals surface area contributed by atoms with E-state index in [0.717, 1.165) is 17.7 Å². The Balaban J connectivity index is 1.95. The van der Waals surface area contributed by atoms with Gasteiger partial charge in [0, 0.05) is 29.1 Å². The van der Waals surface area contributed by atoms with E-state index in [9.17, 15) is 14.4 Å². The van der Waals surface area contributed by atoms with E-state index in [2.05, 4.69) is 20.7 Å². The van der Waals surface area contributed by atoms with E-state index >= 15 is 0 Å². The normalized spacial score (nSPS) is 10.3. The highest BCUT2D eigenvalue weighted by Crippen LogP contribution is 2.14. The van der Waals surface area contributed by atoms with Crippen molar-refractivity contribution in [1.82, 2.24) is 5.32 Å². The zero-order chi connectivity index (χ0) is 21.2. The number of esters is 1. The molecule has 0 bridgehead atoms. The highest BCUT2D eigenvalue weighted by molar-refractivity contribution is 7.80. The molecule has 0 aromatic heterocycles. The number of benzene rings is 2. The summed E-state index contributed by atoms with van der Waals surface area (Å²) in [5.74, 6) is -1.47. The van der Waals surface area contributed by atoms with Gasteiger partial charge in [-0.15, -0.1) is 0 Å². The number of ether oxygens (including phenoxy) is 1. The number of thiocarbonyl (C=S) groups is 1. The second-order valence-electron chi connectivity index (χ2n) is 5.93. The van der Waals surface area contributed by atoms with Crippen LogP contribution in [-0.4, -0.2) is 29.5 Å². The standard InChI is InChI=1S/C21H21N3O4S/c1-3-28-19(26)11-10-18(25)24-21(29)23-17-9-5-7-15(13-17)20(27)22-16-8-4-6-14(2)12-16/h4-13H,3H2,1-2H3,(H,22,27)(H2,23,24,25,29)/b11-10+. The number of rotatable bonds is 6. The molecule has 0 unspecified atom stereocenters. The van der Waals surface area contributed by atoms with Crippen LogP contribution < -0.4 is 16.0 Å². The van der Waals surface area contributed by atoms with Crippen molar-refractivity contribution in [2.45, 2.75) is 13.8 Å². The number of carbonyl (C=O) groups is 3. The minimum atomic E-state index is -0.617. The van der Waals surface area contributed by atoms with E-state index in [4.69, 9.17) is 12.2 Å². The fourth-order valence-electron chi connectivity index (χ4n) is 2.31. The molecule has 0 aliphatic rings. The van der Waals surface area contributed by atoms with Gasteiger partial charge in [0.1, 0.15) is 0 Å². The van der Waals surface area contributed by atoms with Crippen LogP contribution in [0.4, 0.5) is 11.4 Å². The molecule has 0 fully saturated rings. The molecule has 0 saturated heterocycles. The van der Waals surface area contributed by atoms with E-state index in [1.54, 1.807) is 31.2 Å². The minimum absolute atomic E-state index is 0.0275. The highest BCUT2D eigenvalue weighted by atomic mass is 32.1. The van der Waals surface area contributed by atoms with Gasteiger partial charge in [-0.05, 0) is 62.0 Å². The summed E-state index contributed by atoms with van der Waals surface area (Å²) < 4.78 is 4.69. The lowest BCUT2D eigenvalue weighted by Gasteiger charge is -2.10. The van der Waals surface area contributed by atoms with Crippen LogP contribution in [0.1, 0.15) is 22.8 Å². The van der Waals surface area contributed by atoms with Gasteiger partial charge in [-0.25, -0.2) is 4.79 Å². The predicted octanol–water partition coefficient (Wildman–Crippen LogP) is 3.18. The van der Waals surface area contributed by atoms with Crippen LogP contribution in [0.15, 0.2) is 60.7 Å². The van der Waals surface area contributed by atoms with Gasteiger partial charge in [0.25, 0.3) is 5.91 Å². The molecule has 2 rings (SSSR count). The number of hydrogen-bond acceptors (Lipinski definition) is 5. The summed E-state index contributed by atoms with van der Waals surface area (Å²) in [6, 6.07) is 14.2. The van der Waals surface area contributed by atoms with Crippen molar-refractivity contribution >= 4 is 46.5 Å². The third kappa shape index (κ3) is 7.55. The van der Waals surface area contributed by atoms with E-state index in [1.807, 2.05) is 31.2 Å². The van der Waals surface area contributed by atoms with Gasteiger partial charge in [-0.1, -0.05) is 18.2 Å². The van der Waals surface area contributed by atoms with Gasteiger partial charge >= 0.3 is 5.97 Å². The van der Waals surface area contributed by atoms with Crippen LogP contribution >= 0.6 is 12.2 Å². The molecule has 0 spiro atoms. The van der Waals surface area contributed by atoms with Crippen LogP contribution in [0.25, 0.3) is 0 Å². The van der Waals surface area contributed by atoms with Crippen LogP contribution in [0.3, 0.4) is 0 Å². The molecular weight excluding hydrogens is 390 g/mol. The zero-order valence-corrected chi connectivity index (χ0v) is 16.8. The number of aryl methyl sites for hydroxylation is 1. The van der Waals surface area contributed by atoms with Gasteiger partial charge in [0.05, 0.1) is 6.61 Å². The molecule has 2 amide bonds. The number of nitrogens with one attached hydrogen (secondary N) is 3. The fourth-order valence-corrected chi connectivity index (χ4v) is 2.53. The third-order valence-corrected chi connectivity index (χ3v) is 3.76. The average molecular weight is 411 g/mol. The Labute approximate surface area is 174 Å². The smallest absolute Gasteiger partial charge is 0.330 e. The molecule has 0 saturated carbocycles. The summed E-state index contributed by atoms with van der Waals surface area (Å²) in [6.07, 6.45) is 2.04. The Morgan fingerprint density at radius 1 is 1.00 bits per heavy atom. The van der Waals surface area contributed by atoms with Crippen LogP contribution in [-0.2, 0) is 14.3 Å². The van der Waals surface area contributed by atoms with Gasteiger partial charge < -0.3 is 15.4 Å². The molecule has 0 aliphatic heterocycles. The van der Waals surface area contributed by atoms with Crippen molar-refractivity contribution in [2.75, 3.05) is 17.2 Å². The molecule has 2 aromatic carbocycles. The summed E-state index contributed by atoms with van der Waals surface area (Å²) >= 11 is 5.08. The van der Waals surface area contributed by atoms with Crippen molar-refractivity contribution in [3.8, 4) is 0 Å². The molecule has 29 heavy (non-hydrogen) atoms. The summed E-state index contributed by atoms with van der Waals surface area (Å²) in [6.45, 7) is 3.83. The van der Waals surface area contributed by atoms with Crippen LogP contribution in [0.5, 0.6) is 0 Å². The Morgan fingerprint density at radius 2 is 1.69 bits per heavy atom. The number of anilines is 2. The molecule has 8 heteroatoms. The first-order valence-electron chi connectivity index (χ1n) is 8.82.